The second-order valence-electron chi connectivity index (χ2n) is 4.31. The number of hydrogen-bond acceptors (Lipinski definition) is 4. The van der Waals surface area contributed by atoms with Gasteiger partial charge in [-0.25, -0.2) is 0 Å². The molecule has 0 aliphatic rings. The zero-order valence-corrected chi connectivity index (χ0v) is 12.6. The Hall–Kier alpha value is -2.32. The molecule has 1 atom stereocenters. The Morgan fingerprint density at radius 1 is 1.10 bits per heavy atom. The minimum Gasteiger partial charge on any atom is -0.497 e. The number of rotatable bonds is 5. The molecule has 5 heteroatoms. The van der Waals surface area contributed by atoms with Gasteiger partial charge in [0.15, 0.2) is 0 Å². The highest BCUT2D eigenvalue weighted by Gasteiger charge is 2.09. The molecule has 0 heterocycles. The van der Waals surface area contributed by atoms with Crippen molar-refractivity contribution in [2.24, 2.45) is 0 Å². The van der Waals surface area contributed by atoms with E-state index in [2.05, 4.69) is 6.07 Å². The molecule has 21 heavy (non-hydrogen) atoms. The summed E-state index contributed by atoms with van der Waals surface area (Å²) in [5.74, 6) is 1.61. The van der Waals surface area contributed by atoms with Gasteiger partial charge in [0, 0.05) is 4.90 Å². The number of benzene rings is 2. The first-order valence-corrected chi connectivity index (χ1v) is 7.59. The lowest BCUT2D eigenvalue weighted by Crippen LogP contribution is -1.98. The quantitative estimate of drug-likeness (QED) is 0.852. The molecule has 2 aromatic carbocycles. The zero-order valence-electron chi connectivity index (χ0n) is 11.8. The van der Waals surface area contributed by atoms with Crippen LogP contribution in [0.5, 0.6) is 11.5 Å². The van der Waals surface area contributed by atoms with Crippen molar-refractivity contribution in [2.75, 3.05) is 14.2 Å². The zero-order chi connectivity index (χ0) is 15.2. The van der Waals surface area contributed by atoms with E-state index in [-0.39, 0.29) is 0 Å². The molecule has 0 aromatic heterocycles. The highest BCUT2D eigenvalue weighted by molar-refractivity contribution is 7.84. The van der Waals surface area contributed by atoms with Crippen molar-refractivity contribution in [2.45, 2.75) is 10.6 Å². The lowest BCUT2D eigenvalue weighted by atomic mass is 10.1. The van der Waals surface area contributed by atoms with Crippen LogP contribution in [0.4, 0.5) is 0 Å². The van der Waals surface area contributed by atoms with Gasteiger partial charge in [-0.2, -0.15) is 5.26 Å². The first-order valence-electron chi connectivity index (χ1n) is 6.27. The number of ether oxygens (including phenoxy) is 2. The summed E-state index contributed by atoms with van der Waals surface area (Å²) in [5, 5.41) is 9.06. The molecule has 0 saturated carbocycles. The molecule has 4 nitrogen and oxygen atoms in total. The van der Waals surface area contributed by atoms with Gasteiger partial charge in [-0.15, -0.1) is 0 Å². The Morgan fingerprint density at radius 3 is 2.38 bits per heavy atom. The van der Waals surface area contributed by atoms with Crippen molar-refractivity contribution in [1.29, 1.82) is 5.26 Å². The van der Waals surface area contributed by atoms with Crippen LogP contribution in [-0.4, -0.2) is 18.4 Å². The Kier molecular flexibility index (Phi) is 4.96. The summed E-state index contributed by atoms with van der Waals surface area (Å²) in [6, 6.07) is 14.4. The van der Waals surface area contributed by atoms with Gasteiger partial charge in [-0.05, 0) is 42.0 Å². The van der Waals surface area contributed by atoms with E-state index >= 15 is 0 Å². The normalized spacial score (nSPS) is 11.5. The predicted molar refractivity (Wildman–Crippen MR) is 80.8 cm³/mol. The average Bonchev–Trinajstić information content (AvgIpc) is 2.54. The number of hydrogen-bond donors (Lipinski definition) is 0. The topological polar surface area (TPSA) is 59.3 Å². The SMILES string of the molecule is COc1ccc(S(=O)Cc2ccc(OC)c(C#N)c2)cc1. The van der Waals surface area contributed by atoms with Gasteiger partial charge in [0.1, 0.15) is 17.6 Å². The van der Waals surface area contributed by atoms with Crippen molar-refractivity contribution < 1.29 is 13.7 Å². The van der Waals surface area contributed by atoms with Gasteiger partial charge in [0.25, 0.3) is 0 Å². The first kappa shape index (κ1) is 15.1. The lowest BCUT2D eigenvalue weighted by Gasteiger charge is -2.07. The molecule has 0 saturated heterocycles. The molecule has 108 valence electrons. The van der Waals surface area contributed by atoms with Crippen LogP contribution in [0.2, 0.25) is 0 Å². The smallest absolute Gasteiger partial charge is 0.136 e. The molecule has 0 bridgehead atoms. The lowest BCUT2D eigenvalue weighted by molar-refractivity contribution is 0.413. The molecule has 0 radical (unpaired) electrons. The molecule has 2 rings (SSSR count). The molecule has 2 aromatic rings. The van der Waals surface area contributed by atoms with Crippen LogP contribution >= 0.6 is 0 Å². The minimum atomic E-state index is -1.17. The molecule has 0 amide bonds. The number of nitriles is 1. The maximum atomic E-state index is 12.3. The van der Waals surface area contributed by atoms with Crippen LogP contribution < -0.4 is 9.47 Å². The summed E-state index contributed by atoms with van der Waals surface area (Å²) in [5.41, 5.74) is 1.28. The Labute approximate surface area is 126 Å². The van der Waals surface area contributed by atoms with Crippen molar-refractivity contribution in [3.05, 3.63) is 53.6 Å². The Bertz CT molecular complexity index is 690. The molecule has 0 aliphatic carbocycles. The van der Waals surface area contributed by atoms with E-state index in [1.807, 2.05) is 6.07 Å². The van der Waals surface area contributed by atoms with Crippen LogP contribution in [0.1, 0.15) is 11.1 Å². The average molecular weight is 301 g/mol. The van der Waals surface area contributed by atoms with Crippen molar-refractivity contribution in [1.82, 2.24) is 0 Å². The van der Waals surface area contributed by atoms with Crippen molar-refractivity contribution >= 4 is 10.8 Å². The third kappa shape index (κ3) is 3.61. The third-order valence-electron chi connectivity index (χ3n) is 3.00. The summed E-state index contributed by atoms with van der Waals surface area (Å²) in [6.07, 6.45) is 0. The van der Waals surface area contributed by atoms with Crippen LogP contribution in [0.25, 0.3) is 0 Å². The van der Waals surface area contributed by atoms with E-state index in [1.54, 1.807) is 43.5 Å². The maximum Gasteiger partial charge on any atom is 0.136 e. The van der Waals surface area contributed by atoms with E-state index in [1.165, 1.54) is 7.11 Å². The van der Waals surface area contributed by atoms with Crippen molar-refractivity contribution in [3.8, 4) is 17.6 Å². The standard InChI is InChI=1S/C16H15NO3S/c1-19-14-4-6-15(7-5-14)21(18)11-12-3-8-16(20-2)13(9-12)10-17/h3-9H,11H2,1-2H3. The molecule has 1 unspecified atom stereocenters. The molecular formula is C16H15NO3S. The monoisotopic (exact) mass is 301 g/mol. The molecular weight excluding hydrogens is 286 g/mol. The molecule has 0 aliphatic heterocycles. The second-order valence-corrected chi connectivity index (χ2v) is 5.76. The highest BCUT2D eigenvalue weighted by Crippen LogP contribution is 2.21. The predicted octanol–water partition coefficient (Wildman–Crippen LogP) is 2.88. The van der Waals surface area contributed by atoms with E-state index in [0.717, 1.165) is 16.2 Å². The van der Waals surface area contributed by atoms with E-state index in [9.17, 15) is 4.21 Å². The Morgan fingerprint density at radius 2 is 1.81 bits per heavy atom. The van der Waals surface area contributed by atoms with Crippen LogP contribution in [0.15, 0.2) is 47.4 Å². The summed E-state index contributed by atoms with van der Waals surface area (Å²) in [6.45, 7) is 0. The largest absolute Gasteiger partial charge is 0.497 e. The fraction of sp³-hybridized carbons (Fsp3) is 0.188. The summed E-state index contributed by atoms with van der Waals surface area (Å²) < 4.78 is 22.5. The van der Waals surface area contributed by atoms with Crippen LogP contribution in [0.3, 0.4) is 0 Å². The van der Waals surface area contributed by atoms with Gasteiger partial charge in [0.05, 0.1) is 36.3 Å². The third-order valence-corrected chi connectivity index (χ3v) is 4.40. The van der Waals surface area contributed by atoms with Gasteiger partial charge in [-0.3, -0.25) is 4.21 Å². The Balaban J connectivity index is 2.17. The fourth-order valence-corrected chi connectivity index (χ4v) is 2.98. The van der Waals surface area contributed by atoms with Gasteiger partial charge >= 0.3 is 0 Å². The van der Waals surface area contributed by atoms with E-state index < -0.39 is 10.8 Å². The van der Waals surface area contributed by atoms with Gasteiger partial charge < -0.3 is 9.47 Å². The van der Waals surface area contributed by atoms with E-state index in [0.29, 0.717) is 17.1 Å². The minimum absolute atomic E-state index is 0.352. The fourth-order valence-electron chi connectivity index (χ4n) is 1.89. The first-order chi connectivity index (χ1) is 10.2. The molecule has 0 N–H and O–H groups in total. The molecule has 0 spiro atoms. The van der Waals surface area contributed by atoms with Crippen molar-refractivity contribution in [3.63, 3.8) is 0 Å². The van der Waals surface area contributed by atoms with Crippen LogP contribution in [0, 0.1) is 11.3 Å². The summed E-state index contributed by atoms with van der Waals surface area (Å²) in [7, 11) is 1.94. The van der Waals surface area contributed by atoms with Crippen LogP contribution in [-0.2, 0) is 16.6 Å². The molecule has 0 fully saturated rings. The van der Waals surface area contributed by atoms with Gasteiger partial charge in [0.2, 0.25) is 0 Å². The second kappa shape index (κ2) is 6.91. The number of nitrogens with zero attached hydrogens (tertiary/aromatic N) is 1. The number of methoxy groups -OCH3 is 2. The summed E-state index contributed by atoms with van der Waals surface area (Å²) >= 11 is 0. The maximum absolute atomic E-state index is 12.3. The van der Waals surface area contributed by atoms with Gasteiger partial charge in [-0.1, -0.05) is 6.07 Å². The summed E-state index contributed by atoms with van der Waals surface area (Å²) in [4.78, 5) is 0.727. The highest BCUT2D eigenvalue weighted by atomic mass is 32.2. The van der Waals surface area contributed by atoms with E-state index in [4.69, 9.17) is 14.7 Å².